The Bertz CT molecular complexity index is 360. The molecule has 2 heterocycles. The number of aromatic nitrogens is 2. The summed E-state index contributed by atoms with van der Waals surface area (Å²) in [4.78, 5) is 4.69. The van der Waals surface area contributed by atoms with E-state index in [1.54, 1.807) is 0 Å². The smallest absolute Gasteiger partial charge is 0.129 e. The van der Waals surface area contributed by atoms with Gasteiger partial charge in [0, 0.05) is 18.9 Å². The fourth-order valence-corrected chi connectivity index (χ4v) is 3.17. The first-order valence-corrected chi connectivity index (χ1v) is 7.47. The lowest BCUT2D eigenvalue weighted by Gasteiger charge is -2.37. The highest BCUT2D eigenvalue weighted by molar-refractivity contribution is 5.11. The second-order valence-electron chi connectivity index (χ2n) is 5.81. The number of hydrogen-bond donors (Lipinski definition) is 1. The molecule has 0 amide bonds. The van der Waals surface area contributed by atoms with Crippen LogP contribution in [0.3, 0.4) is 0 Å². The Labute approximate surface area is 111 Å². The molecule has 1 aromatic heterocycles. The average Bonchev–Trinajstić information content (AvgIpc) is 2.66. The monoisotopic (exact) mass is 249 g/mol. The SMILES string of the molecule is CCCn1ccnc1C1(C(C)C)CCCCCN1. The van der Waals surface area contributed by atoms with E-state index in [1.807, 2.05) is 6.20 Å². The second kappa shape index (κ2) is 5.87. The number of aryl methyl sites for hydroxylation is 1. The molecule has 0 radical (unpaired) electrons. The quantitative estimate of drug-likeness (QED) is 0.887. The molecule has 1 unspecified atom stereocenters. The number of rotatable bonds is 4. The van der Waals surface area contributed by atoms with Gasteiger partial charge in [-0.25, -0.2) is 4.98 Å². The highest BCUT2D eigenvalue weighted by atomic mass is 15.1. The standard InChI is InChI=1S/C15H27N3/c1-4-11-18-12-10-16-14(18)15(13(2)3)8-6-5-7-9-17-15/h10,12-13,17H,4-9,11H2,1-3H3. The molecule has 1 aliphatic heterocycles. The highest BCUT2D eigenvalue weighted by Crippen LogP contribution is 2.35. The molecule has 3 nitrogen and oxygen atoms in total. The van der Waals surface area contributed by atoms with E-state index >= 15 is 0 Å². The second-order valence-corrected chi connectivity index (χ2v) is 5.81. The van der Waals surface area contributed by atoms with E-state index in [4.69, 9.17) is 4.98 Å². The number of nitrogens with one attached hydrogen (secondary N) is 1. The summed E-state index contributed by atoms with van der Waals surface area (Å²) < 4.78 is 2.35. The molecule has 1 N–H and O–H groups in total. The van der Waals surface area contributed by atoms with Crippen molar-refractivity contribution in [3.05, 3.63) is 18.2 Å². The third kappa shape index (κ3) is 2.46. The van der Waals surface area contributed by atoms with Crippen molar-refractivity contribution in [3.63, 3.8) is 0 Å². The van der Waals surface area contributed by atoms with Gasteiger partial charge in [0.25, 0.3) is 0 Å². The van der Waals surface area contributed by atoms with Crippen LogP contribution >= 0.6 is 0 Å². The largest absolute Gasteiger partial charge is 0.333 e. The van der Waals surface area contributed by atoms with Gasteiger partial charge < -0.3 is 9.88 Å². The summed E-state index contributed by atoms with van der Waals surface area (Å²) >= 11 is 0. The van der Waals surface area contributed by atoms with Crippen LogP contribution in [0.4, 0.5) is 0 Å². The molecular formula is C15H27N3. The van der Waals surface area contributed by atoms with Gasteiger partial charge in [0.1, 0.15) is 5.82 Å². The van der Waals surface area contributed by atoms with E-state index in [2.05, 4.69) is 36.9 Å². The minimum atomic E-state index is 0.0785. The summed E-state index contributed by atoms with van der Waals surface area (Å²) in [5.41, 5.74) is 0.0785. The normalized spacial score (nSPS) is 25.3. The van der Waals surface area contributed by atoms with Crippen LogP contribution in [-0.2, 0) is 12.1 Å². The molecular weight excluding hydrogens is 222 g/mol. The van der Waals surface area contributed by atoms with Crippen LogP contribution in [0.15, 0.2) is 12.4 Å². The molecule has 0 aliphatic carbocycles. The van der Waals surface area contributed by atoms with Crippen LogP contribution in [-0.4, -0.2) is 16.1 Å². The summed E-state index contributed by atoms with van der Waals surface area (Å²) in [6.07, 6.45) is 10.4. The van der Waals surface area contributed by atoms with Crippen molar-refractivity contribution in [2.45, 2.75) is 65.0 Å². The van der Waals surface area contributed by atoms with Crippen LogP contribution in [0.1, 0.15) is 58.7 Å². The fraction of sp³-hybridized carbons (Fsp3) is 0.800. The molecule has 1 atom stereocenters. The van der Waals surface area contributed by atoms with Crippen molar-refractivity contribution < 1.29 is 0 Å². The molecule has 0 spiro atoms. The Hall–Kier alpha value is -0.830. The maximum Gasteiger partial charge on any atom is 0.129 e. The van der Waals surface area contributed by atoms with E-state index in [0.717, 1.165) is 19.5 Å². The first kappa shape index (κ1) is 13.6. The van der Waals surface area contributed by atoms with E-state index in [1.165, 1.54) is 31.5 Å². The van der Waals surface area contributed by atoms with Gasteiger partial charge in [0.15, 0.2) is 0 Å². The first-order chi connectivity index (χ1) is 8.70. The molecule has 1 aromatic rings. The van der Waals surface area contributed by atoms with Crippen molar-refractivity contribution in [1.29, 1.82) is 0 Å². The topological polar surface area (TPSA) is 29.9 Å². The van der Waals surface area contributed by atoms with Crippen LogP contribution in [0.25, 0.3) is 0 Å². The van der Waals surface area contributed by atoms with E-state index in [-0.39, 0.29) is 5.54 Å². The van der Waals surface area contributed by atoms with Crippen LogP contribution in [0.5, 0.6) is 0 Å². The molecule has 102 valence electrons. The molecule has 0 aromatic carbocycles. The molecule has 1 aliphatic rings. The molecule has 1 fully saturated rings. The maximum absolute atomic E-state index is 4.69. The lowest BCUT2D eigenvalue weighted by molar-refractivity contribution is 0.208. The van der Waals surface area contributed by atoms with Crippen LogP contribution < -0.4 is 5.32 Å². The minimum Gasteiger partial charge on any atom is -0.333 e. The van der Waals surface area contributed by atoms with Gasteiger partial charge in [-0.2, -0.15) is 0 Å². The van der Waals surface area contributed by atoms with Gasteiger partial charge in [-0.3, -0.25) is 0 Å². The summed E-state index contributed by atoms with van der Waals surface area (Å²) in [5.74, 6) is 1.83. The molecule has 0 saturated carbocycles. The molecule has 0 bridgehead atoms. The molecule has 18 heavy (non-hydrogen) atoms. The van der Waals surface area contributed by atoms with E-state index in [9.17, 15) is 0 Å². The van der Waals surface area contributed by atoms with Crippen LogP contribution in [0.2, 0.25) is 0 Å². The summed E-state index contributed by atoms with van der Waals surface area (Å²) in [6.45, 7) is 9.07. The zero-order chi connectivity index (χ0) is 13.0. The zero-order valence-electron chi connectivity index (χ0n) is 12.1. The van der Waals surface area contributed by atoms with Crippen molar-refractivity contribution in [2.24, 2.45) is 5.92 Å². The third-order valence-electron chi connectivity index (χ3n) is 4.25. The Morgan fingerprint density at radius 1 is 1.39 bits per heavy atom. The maximum atomic E-state index is 4.69. The first-order valence-electron chi connectivity index (χ1n) is 7.47. The minimum absolute atomic E-state index is 0.0785. The third-order valence-corrected chi connectivity index (χ3v) is 4.25. The summed E-state index contributed by atoms with van der Waals surface area (Å²) in [5, 5.41) is 3.81. The Morgan fingerprint density at radius 2 is 2.22 bits per heavy atom. The fourth-order valence-electron chi connectivity index (χ4n) is 3.17. The zero-order valence-corrected chi connectivity index (χ0v) is 12.1. The molecule has 2 rings (SSSR count). The van der Waals surface area contributed by atoms with Crippen molar-refractivity contribution >= 4 is 0 Å². The summed E-state index contributed by atoms with van der Waals surface area (Å²) in [7, 11) is 0. The highest BCUT2D eigenvalue weighted by Gasteiger charge is 2.39. The van der Waals surface area contributed by atoms with Gasteiger partial charge in [-0.05, 0) is 31.7 Å². The van der Waals surface area contributed by atoms with Crippen molar-refractivity contribution in [3.8, 4) is 0 Å². The Kier molecular flexibility index (Phi) is 4.44. The van der Waals surface area contributed by atoms with Crippen LogP contribution in [0, 0.1) is 5.92 Å². The van der Waals surface area contributed by atoms with Gasteiger partial charge in [-0.15, -0.1) is 0 Å². The van der Waals surface area contributed by atoms with Gasteiger partial charge in [-0.1, -0.05) is 33.6 Å². The van der Waals surface area contributed by atoms with Gasteiger partial charge in [0.05, 0.1) is 5.54 Å². The predicted molar refractivity (Wildman–Crippen MR) is 75.5 cm³/mol. The summed E-state index contributed by atoms with van der Waals surface area (Å²) in [6, 6.07) is 0. The lowest BCUT2D eigenvalue weighted by atomic mass is 9.81. The molecule has 1 saturated heterocycles. The Morgan fingerprint density at radius 3 is 2.94 bits per heavy atom. The van der Waals surface area contributed by atoms with E-state index < -0.39 is 0 Å². The Balaban J connectivity index is 2.35. The number of hydrogen-bond acceptors (Lipinski definition) is 2. The number of imidazole rings is 1. The lowest BCUT2D eigenvalue weighted by Crippen LogP contribution is -2.48. The van der Waals surface area contributed by atoms with Crippen molar-refractivity contribution in [2.75, 3.05) is 6.54 Å². The average molecular weight is 249 g/mol. The van der Waals surface area contributed by atoms with Crippen molar-refractivity contribution in [1.82, 2.24) is 14.9 Å². The van der Waals surface area contributed by atoms with E-state index in [0.29, 0.717) is 5.92 Å². The number of nitrogens with zero attached hydrogens (tertiary/aromatic N) is 2. The van der Waals surface area contributed by atoms with Gasteiger partial charge in [0.2, 0.25) is 0 Å². The predicted octanol–water partition coefficient (Wildman–Crippen LogP) is 3.31. The molecule has 3 heteroatoms. The van der Waals surface area contributed by atoms with Gasteiger partial charge >= 0.3 is 0 Å².